The van der Waals surface area contributed by atoms with Crippen molar-refractivity contribution in [2.24, 2.45) is 33.2 Å². The number of fused-ring (bicyclic) bond motifs is 2. The molecule has 0 N–H and O–H groups in total. The van der Waals surface area contributed by atoms with Crippen molar-refractivity contribution in [3.63, 3.8) is 0 Å². The molecule has 8 rings (SSSR count). The third-order valence-electron chi connectivity index (χ3n) is 10.4. The second-order valence-electron chi connectivity index (χ2n) is 15.3. The second kappa shape index (κ2) is 22.3. The van der Waals surface area contributed by atoms with Gasteiger partial charge in [0.25, 0.3) is 11.1 Å². The number of esters is 2. The van der Waals surface area contributed by atoms with Gasteiger partial charge in [0.1, 0.15) is 28.8 Å². The number of carbonyl (C=O) groups excluding carboxylic acids is 2. The van der Waals surface area contributed by atoms with E-state index in [2.05, 4.69) is 44.9 Å². The summed E-state index contributed by atoms with van der Waals surface area (Å²) in [6, 6.07) is 23.2. The minimum atomic E-state index is -4.90. The molecule has 384 valence electrons. The van der Waals surface area contributed by atoms with Gasteiger partial charge in [0.05, 0.1) is 43.9 Å². The first kappa shape index (κ1) is 53.9. The lowest BCUT2D eigenvalue weighted by molar-refractivity contribution is -0.275. The zero-order valence-electron chi connectivity index (χ0n) is 39.0. The van der Waals surface area contributed by atoms with Crippen LogP contribution in [-0.2, 0) is 56.0 Å². The number of alkyl halides is 7. The van der Waals surface area contributed by atoms with Crippen LogP contribution in [0.15, 0.2) is 121 Å². The lowest BCUT2D eigenvalue weighted by atomic mass is 10.1. The Morgan fingerprint density at radius 2 is 1.08 bits per heavy atom. The van der Waals surface area contributed by atoms with Crippen LogP contribution in [0, 0.1) is 0 Å². The standard InChI is InChI=1S/C23H19F3N4O6.C15H12F3N3O4.C9H9BrO2/c1-28-18-17(19(31)29(2)22(28)33)30(12-13-7-9-14(10-8-13)20(32)34-3)21(27-18)35-15-5-4-6-16(11-15)36-23(24,25)26;1-20-12-10(13(22)21(2)14(20)23)7-11(19-12)24-8-4-3-5-9(6-8)25-15(16,17)18;1-12-9(11)8-4-2-7(6-10)3-5-8/h4-11H,12H2,1-3H3;3-6H,7H2,1-2H3;2-5H,6H2,1H3. The van der Waals surface area contributed by atoms with Gasteiger partial charge in [-0.3, -0.25) is 32.4 Å². The Balaban J connectivity index is 0.000000202. The van der Waals surface area contributed by atoms with E-state index in [1.165, 1.54) is 87.9 Å². The minimum absolute atomic E-state index is 0.0203. The minimum Gasteiger partial charge on any atom is -0.465 e. The number of carbonyl (C=O) groups is 2. The summed E-state index contributed by atoms with van der Waals surface area (Å²) in [5, 5.41) is 0.800. The van der Waals surface area contributed by atoms with Gasteiger partial charge in [-0.1, -0.05) is 52.3 Å². The van der Waals surface area contributed by atoms with E-state index in [1.54, 1.807) is 24.3 Å². The van der Waals surface area contributed by atoms with Crippen molar-refractivity contribution in [2.75, 3.05) is 14.2 Å². The van der Waals surface area contributed by atoms with Crippen LogP contribution < -0.4 is 41.4 Å². The van der Waals surface area contributed by atoms with Crippen LogP contribution >= 0.6 is 15.9 Å². The molecule has 4 heterocycles. The fourth-order valence-corrected chi connectivity index (χ4v) is 7.20. The third kappa shape index (κ3) is 13.1. The molecule has 0 aliphatic carbocycles. The lowest BCUT2D eigenvalue weighted by Gasteiger charge is -2.12. The summed E-state index contributed by atoms with van der Waals surface area (Å²) in [6.45, 7) is 0.0273. The maximum absolute atomic E-state index is 13.0. The molecule has 3 aromatic heterocycles. The van der Waals surface area contributed by atoms with E-state index >= 15 is 0 Å². The molecule has 19 nitrogen and oxygen atoms in total. The van der Waals surface area contributed by atoms with Crippen molar-refractivity contribution in [3.8, 4) is 29.0 Å². The van der Waals surface area contributed by atoms with Gasteiger partial charge in [0.15, 0.2) is 11.2 Å². The van der Waals surface area contributed by atoms with Gasteiger partial charge >= 0.3 is 42.1 Å². The summed E-state index contributed by atoms with van der Waals surface area (Å²) in [6.07, 6.45) is -9.68. The monoisotopic (exact) mass is 1090 g/mol. The quantitative estimate of drug-likeness (QED) is 0.0771. The van der Waals surface area contributed by atoms with Crippen molar-refractivity contribution < 1.29 is 64.4 Å². The van der Waals surface area contributed by atoms with Crippen LogP contribution in [0.5, 0.6) is 29.0 Å². The smallest absolute Gasteiger partial charge is 0.465 e. The summed E-state index contributed by atoms with van der Waals surface area (Å²) < 4.78 is 109. The van der Waals surface area contributed by atoms with Gasteiger partial charge in [0.2, 0.25) is 5.90 Å². The van der Waals surface area contributed by atoms with Crippen LogP contribution in [0.25, 0.3) is 11.2 Å². The van der Waals surface area contributed by atoms with Gasteiger partial charge in [-0.15, -0.1) is 26.3 Å². The van der Waals surface area contributed by atoms with E-state index in [0.29, 0.717) is 16.7 Å². The van der Waals surface area contributed by atoms with Crippen LogP contribution in [0.2, 0.25) is 0 Å². The van der Waals surface area contributed by atoms with Gasteiger partial charge in [0, 0.05) is 45.7 Å². The highest BCUT2D eigenvalue weighted by Gasteiger charge is 2.32. The SMILES string of the molecule is COC(=O)c1ccc(CBr)cc1.COC(=O)c1ccc(Cn2c(Oc3cccc(OC(F)(F)F)c3)nc3c2c(=O)n(C)c(=O)n3C)cc1.Cn1c2c(c(=O)n(C)c1=O)CC(Oc1cccc(OC(F)(F)F)c1)=N2. The van der Waals surface area contributed by atoms with E-state index in [9.17, 15) is 55.1 Å². The molecule has 26 heteroatoms. The van der Waals surface area contributed by atoms with Crippen LogP contribution in [0.1, 0.15) is 37.4 Å². The summed E-state index contributed by atoms with van der Waals surface area (Å²) in [5.41, 5.74) is 0.727. The molecule has 0 atom stereocenters. The first-order valence-electron chi connectivity index (χ1n) is 20.9. The highest BCUT2D eigenvalue weighted by atomic mass is 79.9. The number of hydrogen-bond donors (Lipinski definition) is 0. The molecule has 4 aromatic carbocycles. The van der Waals surface area contributed by atoms with Crippen LogP contribution in [0.3, 0.4) is 0 Å². The molecular formula is C47H40BrF6N7O12. The largest absolute Gasteiger partial charge is 0.573 e. The average Bonchev–Trinajstić information content (AvgIpc) is 3.94. The van der Waals surface area contributed by atoms with Gasteiger partial charge < -0.3 is 28.4 Å². The summed E-state index contributed by atoms with van der Waals surface area (Å²) in [4.78, 5) is 80.5. The maximum atomic E-state index is 13.0. The number of rotatable bonds is 10. The number of aromatic nitrogens is 6. The fraction of sp³-hybridized carbons (Fsp3) is 0.234. The highest BCUT2D eigenvalue weighted by Crippen LogP contribution is 2.31. The van der Waals surface area contributed by atoms with Gasteiger partial charge in [-0.2, -0.15) is 9.98 Å². The highest BCUT2D eigenvalue weighted by molar-refractivity contribution is 9.08. The number of methoxy groups -OCH3 is 2. The van der Waals surface area contributed by atoms with E-state index in [4.69, 9.17) is 9.47 Å². The van der Waals surface area contributed by atoms with Gasteiger partial charge in [-0.25, -0.2) is 19.2 Å². The molecule has 7 aromatic rings. The normalized spacial score (nSPS) is 11.8. The van der Waals surface area contributed by atoms with E-state index in [-0.39, 0.29) is 64.9 Å². The van der Waals surface area contributed by atoms with Crippen LogP contribution in [-0.4, -0.2) is 72.6 Å². The Hall–Kier alpha value is -8.42. The predicted molar refractivity (Wildman–Crippen MR) is 252 cm³/mol. The molecule has 0 unspecified atom stereocenters. The van der Waals surface area contributed by atoms with Crippen molar-refractivity contribution in [2.45, 2.75) is 31.0 Å². The van der Waals surface area contributed by atoms with E-state index in [0.717, 1.165) is 48.9 Å². The molecular weight excluding hydrogens is 1050 g/mol. The summed E-state index contributed by atoms with van der Waals surface area (Å²) in [5.74, 6) is -1.48. The van der Waals surface area contributed by atoms with E-state index < -0.39 is 52.7 Å². The molecule has 0 amide bonds. The van der Waals surface area contributed by atoms with Crippen LogP contribution in [0.4, 0.5) is 32.2 Å². The fourth-order valence-electron chi connectivity index (χ4n) is 6.82. The third-order valence-corrected chi connectivity index (χ3v) is 11.0. The Kier molecular flexibility index (Phi) is 16.5. The maximum Gasteiger partial charge on any atom is 0.573 e. The number of ether oxygens (including phenoxy) is 6. The summed E-state index contributed by atoms with van der Waals surface area (Å²) >= 11 is 3.32. The molecule has 0 fully saturated rings. The number of imidazole rings is 1. The number of aryl methyl sites for hydroxylation is 1. The molecule has 0 radical (unpaired) electrons. The summed E-state index contributed by atoms with van der Waals surface area (Å²) in [7, 11) is 8.18. The number of nitrogens with zero attached hydrogens (tertiary/aromatic N) is 7. The first-order valence-corrected chi connectivity index (χ1v) is 22.0. The zero-order valence-corrected chi connectivity index (χ0v) is 40.6. The molecule has 0 spiro atoms. The van der Waals surface area contributed by atoms with Crippen molar-refractivity contribution >= 4 is 50.7 Å². The number of halogens is 7. The van der Waals surface area contributed by atoms with Crippen molar-refractivity contribution in [1.82, 2.24) is 27.8 Å². The molecule has 0 saturated heterocycles. The average molecular weight is 1090 g/mol. The Bertz CT molecular complexity index is 3470. The number of benzene rings is 4. The molecule has 0 saturated carbocycles. The number of aliphatic imine (C=N–C) groups is 1. The Morgan fingerprint density at radius 3 is 1.58 bits per heavy atom. The van der Waals surface area contributed by atoms with Crippen molar-refractivity contribution in [3.05, 3.63) is 167 Å². The molecule has 0 bridgehead atoms. The topological polar surface area (TPSA) is 208 Å². The Labute approximate surface area is 415 Å². The first-order chi connectivity index (χ1) is 34.4. The molecule has 1 aliphatic rings. The van der Waals surface area contributed by atoms with Crippen molar-refractivity contribution in [1.29, 1.82) is 0 Å². The number of hydrogen-bond acceptors (Lipinski definition) is 14. The lowest BCUT2D eigenvalue weighted by Crippen LogP contribution is -2.38. The molecule has 1 aliphatic heterocycles. The zero-order chi connectivity index (χ0) is 53.5. The molecule has 73 heavy (non-hydrogen) atoms. The van der Waals surface area contributed by atoms with Gasteiger partial charge in [-0.05, 0) is 59.7 Å². The predicted octanol–water partition coefficient (Wildman–Crippen LogP) is 6.98. The van der Waals surface area contributed by atoms with E-state index in [1.807, 2.05) is 12.1 Å². The Morgan fingerprint density at radius 1 is 0.616 bits per heavy atom. The second-order valence-corrected chi connectivity index (χ2v) is 15.9.